The van der Waals surface area contributed by atoms with E-state index in [0.717, 1.165) is 25.3 Å². The zero-order valence-corrected chi connectivity index (χ0v) is 11.3. The molecule has 1 unspecified atom stereocenters. The van der Waals surface area contributed by atoms with Gasteiger partial charge in [-0.15, -0.1) is 0 Å². The monoisotopic (exact) mass is 311 g/mol. The van der Waals surface area contributed by atoms with Gasteiger partial charge < -0.3 is 9.84 Å². The quantitative estimate of drug-likeness (QED) is 0.763. The van der Waals surface area contributed by atoms with E-state index in [1.807, 2.05) is 4.72 Å². The van der Waals surface area contributed by atoms with Crippen molar-refractivity contribution in [3.8, 4) is 0 Å². The SMILES string of the molecule is COC(=O)C(CO)NS(=O)(=O)c1ccc(F)c(Cl)c1. The Morgan fingerprint density at radius 2 is 2.21 bits per heavy atom. The third-order valence-corrected chi connectivity index (χ3v) is 3.93. The lowest BCUT2D eigenvalue weighted by Gasteiger charge is -2.14. The largest absolute Gasteiger partial charge is 0.468 e. The van der Waals surface area contributed by atoms with Crippen molar-refractivity contribution in [2.24, 2.45) is 0 Å². The zero-order chi connectivity index (χ0) is 14.6. The van der Waals surface area contributed by atoms with Gasteiger partial charge in [-0.05, 0) is 18.2 Å². The summed E-state index contributed by atoms with van der Waals surface area (Å²) >= 11 is 5.47. The molecule has 0 saturated heterocycles. The van der Waals surface area contributed by atoms with Gasteiger partial charge in [0, 0.05) is 0 Å². The van der Waals surface area contributed by atoms with Gasteiger partial charge in [-0.25, -0.2) is 12.8 Å². The summed E-state index contributed by atoms with van der Waals surface area (Å²) in [6, 6.07) is 1.31. The van der Waals surface area contributed by atoms with Crippen LogP contribution in [0, 0.1) is 5.82 Å². The number of carbonyl (C=O) groups is 1. The molecule has 1 rings (SSSR count). The summed E-state index contributed by atoms with van der Waals surface area (Å²) in [7, 11) is -3.08. The van der Waals surface area contributed by atoms with Crippen molar-refractivity contribution in [1.82, 2.24) is 4.72 Å². The van der Waals surface area contributed by atoms with E-state index >= 15 is 0 Å². The molecule has 2 N–H and O–H groups in total. The lowest BCUT2D eigenvalue weighted by molar-refractivity contribution is -0.143. The van der Waals surface area contributed by atoms with Gasteiger partial charge in [-0.3, -0.25) is 4.79 Å². The number of carbonyl (C=O) groups excluding carboxylic acids is 1. The van der Waals surface area contributed by atoms with Gasteiger partial charge >= 0.3 is 5.97 Å². The lowest BCUT2D eigenvalue weighted by atomic mass is 10.3. The highest BCUT2D eigenvalue weighted by molar-refractivity contribution is 7.89. The molecule has 0 radical (unpaired) electrons. The number of hydrogen-bond donors (Lipinski definition) is 2. The number of methoxy groups -OCH3 is 1. The first-order valence-electron chi connectivity index (χ1n) is 4.98. The summed E-state index contributed by atoms with van der Waals surface area (Å²) in [5.74, 6) is -1.72. The molecule has 0 spiro atoms. The molecule has 1 atom stereocenters. The van der Waals surface area contributed by atoms with Crippen LogP contribution in [0.1, 0.15) is 0 Å². The van der Waals surface area contributed by atoms with Crippen LogP contribution in [0.25, 0.3) is 0 Å². The highest BCUT2D eigenvalue weighted by atomic mass is 35.5. The van der Waals surface area contributed by atoms with E-state index in [9.17, 15) is 17.6 Å². The summed E-state index contributed by atoms with van der Waals surface area (Å²) in [4.78, 5) is 10.8. The van der Waals surface area contributed by atoms with Crippen LogP contribution < -0.4 is 4.72 Å². The van der Waals surface area contributed by atoms with Gasteiger partial charge in [0.1, 0.15) is 11.9 Å². The maximum Gasteiger partial charge on any atom is 0.326 e. The zero-order valence-electron chi connectivity index (χ0n) is 9.76. The standard InChI is InChI=1S/C10H11ClFNO5S/c1-18-10(15)9(5-14)13-19(16,17)6-2-3-8(12)7(11)4-6/h2-4,9,13-14H,5H2,1H3. The normalized spacial score (nSPS) is 13.1. The number of halogens is 2. The molecular formula is C10H11ClFNO5S. The Hall–Kier alpha value is -1.22. The Labute approximate surface area is 114 Å². The minimum Gasteiger partial charge on any atom is -0.468 e. The number of hydrogen-bond acceptors (Lipinski definition) is 5. The molecule has 106 valence electrons. The van der Waals surface area contributed by atoms with E-state index < -0.39 is 34.5 Å². The smallest absolute Gasteiger partial charge is 0.326 e. The predicted octanol–water partition coefficient (Wildman–Crippen LogP) is 0.291. The highest BCUT2D eigenvalue weighted by Gasteiger charge is 2.26. The van der Waals surface area contributed by atoms with Crippen molar-refractivity contribution in [2.45, 2.75) is 10.9 Å². The number of benzene rings is 1. The van der Waals surface area contributed by atoms with E-state index in [-0.39, 0.29) is 9.92 Å². The fraction of sp³-hybridized carbons (Fsp3) is 0.300. The number of sulfonamides is 1. The summed E-state index contributed by atoms with van der Waals surface area (Å²) < 4.78 is 42.9. The molecule has 0 aliphatic rings. The van der Waals surface area contributed by atoms with Gasteiger partial charge in [-0.1, -0.05) is 11.6 Å². The molecule has 0 bridgehead atoms. The second kappa shape index (κ2) is 6.29. The molecule has 0 aliphatic carbocycles. The molecule has 0 saturated carbocycles. The van der Waals surface area contributed by atoms with Crippen LogP contribution in [0.2, 0.25) is 5.02 Å². The number of aliphatic hydroxyl groups excluding tert-OH is 1. The third-order valence-electron chi connectivity index (χ3n) is 2.17. The average molecular weight is 312 g/mol. The minimum absolute atomic E-state index is 0.332. The molecule has 0 aliphatic heterocycles. The predicted molar refractivity (Wildman–Crippen MR) is 64.6 cm³/mol. The minimum atomic E-state index is -4.13. The Bertz CT molecular complexity index is 577. The molecule has 1 aromatic carbocycles. The first kappa shape index (κ1) is 15.8. The third kappa shape index (κ3) is 3.87. The fourth-order valence-electron chi connectivity index (χ4n) is 1.20. The van der Waals surface area contributed by atoms with E-state index in [1.165, 1.54) is 0 Å². The number of rotatable bonds is 5. The topological polar surface area (TPSA) is 92.7 Å². The van der Waals surface area contributed by atoms with Gasteiger partial charge in [0.05, 0.1) is 23.6 Å². The van der Waals surface area contributed by atoms with E-state index in [4.69, 9.17) is 16.7 Å². The first-order valence-corrected chi connectivity index (χ1v) is 6.84. The Balaban J connectivity index is 3.03. The van der Waals surface area contributed by atoms with Crippen molar-refractivity contribution in [3.63, 3.8) is 0 Å². The van der Waals surface area contributed by atoms with Gasteiger partial charge in [0.2, 0.25) is 10.0 Å². The summed E-state index contributed by atoms with van der Waals surface area (Å²) in [6.45, 7) is -0.777. The Morgan fingerprint density at radius 3 is 2.68 bits per heavy atom. The van der Waals surface area contributed by atoms with Crippen LogP contribution in [0.15, 0.2) is 23.1 Å². The van der Waals surface area contributed by atoms with Crippen molar-refractivity contribution in [1.29, 1.82) is 0 Å². The molecule has 1 aromatic rings. The van der Waals surface area contributed by atoms with Crippen molar-refractivity contribution in [2.75, 3.05) is 13.7 Å². The Kier molecular flexibility index (Phi) is 5.24. The second-order valence-electron chi connectivity index (χ2n) is 3.46. The maximum absolute atomic E-state index is 12.9. The molecule has 9 heteroatoms. The number of esters is 1. The summed E-state index contributed by atoms with van der Waals surface area (Å²) in [5.41, 5.74) is 0. The molecule has 0 heterocycles. The van der Waals surface area contributed by atoms with E-state index in [2.05, 4.69) is 4.74 Å². The second-order valence-corrected chi connectivity index (χ2v) is 5.58. The molecule has 0 aromatic heterocycles. The van der Waals surface area contributed by atoms with Crippen molar-refractivity contribution in [3.05, 3.63) is 29.0 Å². The number of aliphatic hydroxyl groups is 1. The maximum atomic E-state index is 12.9. The summed E-state index contributed by atoms with van der Waals surface area (Å²) in [6.07, 6.45) is 0. The molecule has 6 nitrogen and oxygen atoms in total. The fourth-order valence-corrected chi connectivity index (χ4v) is 2.65. The van der Waals surface area contributed by atoms with Crippen LogP contribution >= 0.6 is 11.6 Å². The van der Waals surface area contributed by atoms with E-state index in [0.29, 0.717) is 0 Å². The first-order chi connectivity index (χ1) is 8.81. The van der Waals surface area contributed by atoms with Crippen molar-refractivity contribution < 1.29 is 27.4 Å². The molecule has 0 fully saturated rings. The van der Waals surface area contributed by atoms with Gasteiger partial charge in [0.15, 0.2) is 0 Å². The van der Waals surface area contributed by atoms with Crippen LogP contribution in [0.3, 0.4) is 0 Å². The van der Waals surface area contributed by atoms with Crippen molar-refractivity contribution >= 4 is 27.6 Å². The van der Waals surface area contributed by atoms with Crippen LogP contribution in [0.4, 0.5) is 4.39 Å². The van der Waals surface area contributed by atoms with E-state index in [1.54, 1.807) is 0 Å². The lowest BCUT2D eigenvalue weighted by Crippen LogP contribution is -2.43. The van der Waals surface area contributed by atoms with Crippen LogP contribution in [-0.4, -0.2) is 39.3 Å². The molecule has 0 amide bonds. The molecule has 19 heavy (non-hydrogen) atoms. The number of nitrogens with one attached hydrogen (secondary N) is 1. The molecular weight excluding hydrogens is 301 g/mol. The van der Waals surface area contributed by atoms with Gasteiger partial charge in [-0.2, -0.15) is 4.72 Å². The Morgan fingerprint density at radius 1 is 1.58 bits per heavy atom. The highest BCUT2D eigenvalue weighted by Crippen LogP contribution is 2.19. The van der Waals surface area contributed by atoms with Crippen LogP contribution in [0.5, 0.6) is 0 Å². The van der Waals surface area contributed by atoms with Gasteiger partial charge in [0.25, 0.3) is 0 Å². The average Bonchev–Trinajstić information content (AvgIpc) is 2.38. The number of ether oxygens (including phenoxy) is 1. The summed E-state index contributed by atoms with van der Waals surface area (Å²) in [5, 5.41) is 8.55. The van der Waals surface area contributed by atoms with Crippen LogP contribution in [-0.2, 0) is 19.6 Å².